The molecule has 1 aromatic heterocycles. The maximum Gasteiger partial charge on any atom is 0.274 e. The van der Waals surface area contributed by atoms with Crippen LogP contribution in [0.3, 0.4) is 0 Å². The number of amides is 1. The van der Waals surface area contributed by atoms with Crippen molar-refractivity contribution in [3.8, 4) is 11.5 Å². The first-order valence-corrected chi connectivity index (χ1v) is 6.51. The summed E-state index contributed by atoms with van der Waals surface area (Å²) in [6, 6.07) is 6.83. The predicted octanol–water partition coefficient (Wildman–Crippen LogP) is 2.31. The molecule has 1 amide bonds. The standard InChI is InChI=1S/C15H17N3O3/c1-4-10-7-14(17-9-16-10)15(19)18-11-5-12(20-2)8-13(6-11)21-3/h5-9H,4H2,1-3H3,(H,18,19). The minimum atomic E-state index is -0.303. The smallest absolute Gasteiger partial charge is 0.274 e. The molecule has 0 aliphatic heterocycles. The van der Waals surface area contributed by atoms with Crippen LogP contribution in [0.25, 0.3) is 0 Å². The van der Waals surface area contributed by atoms with E-state index in [-0.39, 0.29) is 5.91 Å². The Balaban J connectivity index is 2.22. The van der Waals surface area contributed by atoms with E-state index in [1.54, 1.807) is 38.5 Å². The average Bonchev–Trinajstić information content (AvgIpc) is 2.54. The molecule has 110 valence electrons. The van der Waals surface area contributed by atoms with Gasteiger partial charge in [0, 0.05) is 29.6 Å². The number of rotatable bonds is 5. The van der Waals surface area contributed by atoms with Gasteiger partial charge in [0.25, 0.3) is 5.91 Å². The monoisotopic (exact) mass is 287 g/mol. The molecule has 6 heteroatoms. The fourth-order valence-corrected chi connectivity index (χ4v) is 1.79. The first kappa shape index (κ1) is 14.8. The molecule has 2 rings (SSSR count). The Labute approximate surface area is 123 Å². The summed E-state index contributed by atoms with van der Waals surface area (Å²) in [5.74, 6) is 0.894. The quantitative estimate of drug-likeness (QED) is 0.913. The van der Waals surface area contributed by atoms with Gasteiger partial charge in [-0.3, -0.25) is 4.79 Å². The highest BCUT2D eigenvalue weighted by atomic mass is 16.5. The van der Waals surface area contributed by atoms with Gasteiger partial charge in [-0.1, -0.05) is 6.92 Å². The first-order chi connectivity index (χ1) is 10.2. The van der Waals surface area contributed by atoms with Crippen LogP contribution in [-0.4, -0.2) is 30.1 Å². The minimum Gasteiger partial charge on any atom is -0.497 e. The number of carbonyl (C=O) groups is 1. The number of carbonyl (C=O) groups excluding carboxylic acids is 1. The lowest BCUT2D eigenvalue weighted by molar-refractivity contribution is 0.102. The second-order valence-corrected chi connectivity index (χ2v) is 4.30. The molecule has 0 saturated carbocycles. The van der Waals surface area contributed by atoms with Gasteiger partial charge in [-0.05, 0) is 12.5 Å². The zero-order chi connectivity index (χ0) is 15.2. The number of anilines is 1. The molecule has 1 aromatic carbocycles. The number of aromatic nitrogens is 2. The Morgan fingerprint density at radius 3 is 2.33 bits per heavy atom. The maximum absolute atomic E-state index is 12.2. The Bertz CT molecular complexity index is 622. The summed E-state index contributed by atoms with van der Waals surface area (Å²) in [6.07, 6.45) is 2.13. The van der Waals surface area contributed by atoms with Crippen molar-refractivity contribution in [2.24, 2.45) is 0 Å². The van der Waals surface area contributed by atoms with Gasteiger partial charge in [0.2, 0.25) is 0 Å². The summed E-state index contributed by atoms with van der Waals surface area (Å²) in [5, 5.41) is 2.77. The van der Waals surface area contributed by atoms with Crippen LogP contribution in [0.5, 0.6) is 11.5 Å². The van der Waals surface area contributed by atoms with Crippen molar-refractivity contribution in [3.63, 3.8) is 0 Å². The second kappa shape index (κ2) is 6.69. The third kappa shape index (κ3) is 3.68. The van der Waals surface area contributed by atoms with Crippen molar-refractivity contribution >= 4 is 11.6 Å². The van der Waals surface area contributed by atoms with E-state index in [9.17, 15) is 4.79 Å². The van der Waals surface area contributed by atoms with Crippen molar-refractivity contribution in [1.82, 2.24) is 9.97 Å². The van der Waals surface area contributed by atoms with E-state index >= 15 is 0 Å². The van der Waals surface area contributed by atoms with E-state index < -0.39 is 0 Å². The van der Waals surface area contributed by atoms with Gasteiger partial charge in [0.15, 0.2) is 0 Å². The summed E-state index contributed by atoms with van der Waals surface area (Å²) in [4.78, 5) is 20.3. The highest BCUT2D eigenvalue weighted by molar-refractivity contribution is 6.03. The van der Waals surface area contributed by atoms with Crippen molar-refractivity contribution in [2.45, 2.75) is 13.3 Å². The van der Waals surface area contributed by atoms with Crippen molar-refractivity contribution in [2.75, 3.05) is 19.5 Å². The largest absolute Gasteiger partial charge is 0.497 e. The molecular formula is C15H17N3O3. The zero-order valence-electron chi connectivity index (χ0n) is 12.2. The van der Waals surface area contributed by atoms with Crippen LogP contribution in [0.2, 0.25) is 0 Å². The Hall–Kier alpha value is -2.63. The van der Waals surface area contributed by atoms with Crippen LogP contribution in [0, 0.1) is 0 Å². The Morgan fingerprint density at radius 1 is 1.10 bits per heavy atom. The molecule has 1 heterocycles. The van der Waals surface area contributed by atoms with E-state index in [1.165, 1.54) is 6.33 Å². The van der Waals surface area contributed by atoms with Crippen molar-refractivity contribution in [3.05, 3.63) is 42.0 Å². The predicted molar refractivity (Wildman–Crippen MR) is 78.9 cm³/mol. The second-order valence-electron chi connectivity index (χ2n) is 4.30. The van der Waals surface area contributed by atoms with Crippen LogP contribution in [0.4, 0.5) is 5.69 Å². The van der Waals surface area contributed by atoms with E-state index in [0.717, 1.165) is 12.1 Å². The average molecular weight is 287 g/mol. The van der Waals surface area contributed by atoms with Crippen molar-refractivity contribution < 1.29 is 14.3 Å². The molecule has 0 unspecified atom stereocenters. The third-order valence-corrected chi connectivity index (χ3v) is 2.93. The van der Waals surface area contributed by atoms with Gasteiger partial charge in [-0.15, -0.1) is 0 Å². The Morgan fingerprint density at radius 2 is 1.76 bits per heavy atom. The molecule has 0 atom stereocenters. The zero-order valence-corrected chi connectivity index (χ0v) is 12.2. The molecule has 0 aliphatic carbocycles. The lowest BCUT2D eigenvalue weighted by Crippen LogP contribution is -2.14. The third-order valence-electron chi connectivity index (χ3n) is 2.93. The topological polar surface area (TPSA) is 73.3 Å². The number of hydrogen-bond donors (Lipinski definition) is 1. The number of nitrogens with zero attached hydrogens (tertiary/aromatic N) is 2. The first-order valence-electron chi connectivity index (χ1n) is 6.51. The molecule has 2 aromatic rings. The number of aryl methyl sites for hydroxylation is 1. The van der Waals surface area contributed by atoms with Gasteiger partial charge >= 0.3 is 0 Å². The Kier molecular flexibility index (Phi) is 4.71. The molecular weight excluding hydrogens is 270 g/mol. The van der Waals surface area contributed by atoms with E-state index in [4.69, 9.17) is 9.47 Å². The summed E-state index contributed by atoms with van der Waals surface area (Å²) < 4.78 is 10.3. The highest BCUT2D eigenvalue weighted by Crippen LogP contribution is 2.26. The normalized spacial score (nSPS) is 10.0. The van der Waals surface area contributed by atoms with Crippen LogP contribution < -0.4 is 14.8 Å². The van der Waals surface area contributed by atoms with Crippen molar-refractivity contribution in [1.29, 1.82) is 0 Å². The van der Waals surface area contributed by atoms with Gasteiger partial charge in [-0.25, -0.2) is 9.97 Å². The summed E-state index contributed by atoms with van der Waals surface area (Å²) in [6.45, 7) is 1.97. The van der Waals surface area contributed by atoms with E-state index in [2.05, 4.69) is 15.3 Å². The molecule has 0 aliphatic rings. The number of ether oxygens (including phenoxy) is 2. The number of hydrogen-bond acceptors (Lipinski definition) is 5. The summed E-state index contributed by atoms with van der Waals surface area (Å²) in [7, 11) is 3.11. The fraction of sp³-hybridized carbons (Fsp3) is 0.267. The lowest BCUT2D eigenvalue weighted by atomic mass is 10.2. The van der Waals surface area contributed by atoms with Gasteiger partial charge in [0.05, 0.1) is 14.2 Å². The SMILES string of the molecule is CCc1cc(C(=O)Nc2cc(OC)cc(OC)c2)ncn1. The lowest BCUT2D eigenvalue weighted by Gasteiger charge is -2.09. The highest BCUT2D eigenvalue weighted by Gasteiger charge is 2.10. The van der Waals surface area contributed by atoms with Crippen LogP contribution in [0.1, 0.15) is 23.1 Å². The van der Waals surface area contributed by atoms with Crippen LogP contribution in [-0.2, 0) is 6.42 Å². The van der Waals surface area contributed by atoms with Gasteiger partial charge in [-0.2, -0.15) is 0 Å². The van der Waals surface area contributed by atoms with Gasteiger partial charge < -0.3 is 14.8 Å². The van der Waals surface area contributed by atoms with Crippen LogP contribution >= 0.6 is 0 Å². The number of nitrogens with one attached hydrogen (secondary N) is 1. The number of methoxy groups -OCH3 is 2. The maximum atomic E-state index is 12.2. The molecule has 0 saturated heterocycles. The van der Waals surface area contributed by atoms with E-state index in [1.807, 2.05) is 6.92 Å². The van der Waals surface area contributed by atoms with Gasteiger partial charge in [0.1, 0.15) is 23.5 Å². The summed E-state index contributed by atoms with van der Waals surface area (Å²) >= 11 is 0. The molecule has 0 fully saturated rings. The molecule has 21 heavy (non-hydrogen) atoms. The number of benzene rings is 1. The van der Waals surface area contributed by atoms with Crippen LogP contribution in [0.15, 0.2) is 30.6 Å². The molecule has 1 N–H and O–H groups in total. The van der Waals surface area contributed by atoms with E-state index in [0.29, 0.717) is 22.9 Å². The molecule has 6 nitrogen and oxygen atoms in total. The fourth-order valence-electron chi connectivity index (χ4n) is 1.79. The molecule has 0 bridgehead atoms. The minimum absolute atomic E-state index is 0.303. The molecule has 0 spiro atoms. The summed E-state index contributed by atoms with van der Waals surface area (Å²) in [5.41, 5.74) is 1.72. The molecule has 0 radical (unpaired) electrons.